The van der Waals surface area contributed by atoms with E-state index in [1.165, 1.54) is 57.8 Å². The van der Waals surface area contributed by atoms with E-state index in [-0.39, 0.29) is 0 Å². The largest absolute Gasteiger partial charge is 0.0654 e. The molecule has 1 fully saturated rings. The smallest absolute Gasteiger partial charge is 0.0300 e. The molecule has 2 atom stereocenters. The van der Waals surface area contributed by atoms with Gasteiger partial charge in [0.25, 0.3) is 0 Å². The molecule has 0 nitrogen and oxygen atoms in total. The lowest BCUT2D eigenvalue weighted by Crippen LogP contribution is -2.25. The van der Waals surface area contributed by atoms with E-state index in [1.54, 1.807) is 0 Å². The fraction of sp³-hybridized carbons (Fsp3) is 1.00. The predicted molar refractivity (Wildman–Crippen MR) is 64.5 cm³/mol. The van der Waals surface area contributed by atoms with Gasteiger partial charge in [-0.15, -0.1) is 0 Å². The Morgan fingerprint density at radius 3 is 2.57 bits per heavy atom. The maximum atomic E-state index is 2.54. The van der Waals surface area contributed by atoms with Gasteiger partial charge >= 0.3 is 0 Å². The van der Waals surface area contributed by atoms with Crippen molar-refractivity contribution in [3.63, 3.8) is 0 Å². The van der Waals surface area contributed by atoms with Gasteiger partial charge in [0.15, 0.2) is 0 Å². The Bertz CT molecular complexity index is 150. The van der Waals surface area contributed by atoms with Gasteiger partial charge in [0.2, 0.25) is 0 Å². The first-order valence-electron chi connectivity index (χ1n) is 6.73. The molecule has 1 saturated carbocycles. The molecule has 0 aliphatic heterocycles. The maximum absolute atomic E-state index is 2.54. The van der Waals surface area contributed by atoms with Crippen LogP contribution in [-0.2, 0) is 0 Å². The quantitative estimate of drug-likeness (QED) is 0.544. The zero-order valence-corrected chi connectivity index (χ0v) is 10.4. The topological polar surface area (TPSA) is 0 Å². The molecule has 14 heavy (non-hydrogen) atoms. The number of unbranched alkanes of at least 4 members (excludes halogenated alkanes) is 1. The molecule has 84 valence electrons. The Labute approximate surface area is 90.5 Å². The van der Waals surface area contributed by atoms with Crippen LogP contribution in [0.1, 0.15) is 78.6 Å². The Morgan fingerprint density at radius 2 is 1.93 bits per heavy atom. The van der Waals surface area contributed by atoms with Crippen LogP contribution in [0.5, 0.6) is 0 Å². The van der Waals surface area contributed by atoms with Gasteiger partial charge in [0.1, 0.15) is 0 Å². The highest BCUT2D eigenvalue weighted by Crippen LogP contribution is 2.44. The lowest BCUT2D eigenvalue weighted by molar-refractivity contribution is 0.149. The Hall–Kier alpha value is 0. The maximum Gasteiger partial charge on any atom is -0.0300 e. The zero-order chi connectivity index (χ0) is 10.4. The summed E-state index contributed by atoms with van der Waals surface area (Å²) in [4.78, 5) is 0. The lowest BCUT2D eigenvalue weighted by atomic mass is 9.70. The van der Waals surface area contributed by atoms with Crippen molar-refractivity contribution in [3.8, 4) is 0 Å². The van der Waals surface area contributed by atoms with Crippen molar-refractivity contribution in [3.05, 3.63) is 0 Å². The summed E-state index contributed by atoms with van der Waals surface area (Å²) in [5.41, 5.74) is 0.672. The third-order valence-electron chi connectivity index (χ3n) is 4.50. The van der Waals surface area contributed by atoms with Gasteiger partial charge in [-0.2, -0.15) is 0 Å². The van der Waals surface area contributed by atoms with E-state index in [0.717, 1.165) is 5.92 Å². The molecule has 1 rings (SSSR count). The summed E-state index contributed by atoms with van der Waals surface area (Å²) in [6.45, 7) is 7.25. The number of hydrogen-bond donors (Lipinski definition) is 0. The van der Waals surface area contributed by atoms with Crippen molar-refractivity contribution >= 4 is 0 Å². The van der Waals surface area contributed by atoms with E-state index in [2.05, 4.69) is 20.8 Å². The van der Waals surface area contributed by atoms with E-state index < -0.39 is 0 Å². The van der Waals surface area contributed by atoms with E-state index in [4.69, 9.17) is 0 Å². The van der Waals surface area contributed by atoms with E-state index >= 15 is 0 Å². The highest BCUT2D eigenvalue weighted by Gasteiger charge is 2.32. The lowest BCUT2D eigenvalue weighted by Gasteiger charge is -2.36. The monoisotopic (exact) mass is 196 g/mol. The van der Waals surface area contributed by atoms with Crippen LogP contribution in [0.4, 0.5) is 0 Å². The van der Waals surface area contributed by atoms with Crippen molar-refractivity contribution in [2.45, 2.75) is 78.6 Å². The summed E-state index contributed by atoms with van der Waals surface area (Å²) < 4.78 is 0. The summed E-state index contributed by atoms with van der Waals surface area (Å²) in [6, 6.07) is 0. The van der Waals surface area contributed by atoms with Crippen LogP contribution >= 0.6 is 0 Å². The highest BCUT2D eigenvalue weighted by atomic mass is 14.4. The minimum atomic E-state index is 0.672. The standard InChI is InChI=1S/C14H28/c1-4-6-10-13-11-8-7-9-12-14(13,3)5-2/h13H,4-12H2,1-3H3. The second kappa shape index (κ2) is 5.78. The van der Waals surface area contributed by atoms with Crippen LogP contribution in [0, 0.1) is 11.3 Å². The van der Waals surface area contributed by atoms with Gasteiger partial charge in [-0.3, -0.25) is 0 Å². The Kier molecular flexibility index (Phi) is 4.98. The van der Waals surface area contributed by atoms with Crippen molar-refractivity contribution in [2.24, 2.45) is 11.3 Å². The van der Waals surface area contributed by atoms with E-state index in [0.29, 0.717) is 5.41 Å². The fourth-order valence-corrected chi connectivity index (χ4v) is 3.06. The van der Waals surface area contributed by atoms with Crippen LogP contribution in [0.3, 0.4) is 0 Å². The second-order valence-corrected chi connectivity index (χ2v) is 5.45. The minimum absolute atomic E-state index is 0.672. The van der Waals surface area contributed by atoms with Crippen LogP contribution in [0.25, 0.3) is 0 Å². The minimum Gasteiger partial charge on any atom is -0.0654 e. The normalized spacial score (nSPS) is 34.1. The molecule has 0 saturated heterocycles. The van der Waals surface area contributed by atoms with Gasteiger partial charge in [-0.05, 0) is 30.6 Å². The third-order valence-corrected chi connectivity index (χ3v) is 4.50. The van der Waals surface area contributed by atoms with E-state index in [9.17, 15) is 0 Å². The molecule has 1 aliphatic carbocycles. The third kappa shape index (κ3) is 3.00. The molecule has 0 bridgehead atoms. The molecular formula is C14H28. The van der Waals surface area contributed by atoms with Crippen LogP contribution in [0.2, 0.25) is 0 Å². The van der Waals surface area contributed by atoms with E-state index in [1.807, 2.05) is 0 Å². The average Bonchev–Trinajstić information content (AvgIpc) is 2.38. The molecule has 0 aromatic rings. The molecule has 0 heteroatoms. The van der Waals surface area contributed by atoms with Crippen molar-refractivity contribution in [1.82, 2.24) is 0 Å². The van der Waals surface area contributed by atoms with Crippen molar-refractivity contribution in [2.75, 3.05) is 0 Å². The Morgan fingerprint density at radius 1 is 1.14 bits per heavy atom. The first kappa shape index (κ1) is 12.1. The molecule has 0 N–H and O–H groups in total. The fourth-order valence-electron chi connectivity index (χ4n) is 3.06. The first-order valence-corrected chi connectivity index (χ1v) is 6.73. The first-order chi connectivity index (χ1) is 6.73. The van der Waals surface area contributed by atoms with Crippen LogP contribution in [0.15, 0.2) is 0 Å². The van der Waals surface area contributed by atoms with Crippen molar-refractivity contribution < 1.29 is 0 Å². The zero-order valence-electron chi connectivity index (χ0n) is 10.4. The molecule has 0 aromatic carbocycles. The predicted octanol–water partition coefficient (Wildman–Crippen LogP) is 5.17. The van der Waals surface area contributed by atoms with Crippen LogP contribution in [-0.4, -0.2) is 0 Å². The van der Waals surface area contributed by atoms with Gasteiger partial charge in [0, 0.05) is 0 Å². The average molecular weight is 196 g/mol. The van der Waals surface area contributed by atoms with Crippen molar-refractivity contribution in [1.29, 1.82) is 0 Å². The summed E-state index contributed by atoms with van der Waals surface area (Å²) in [7, 11) is 0. The molecule has 2 unspecified atom stereocenters. The van der Waals surface area contributed by atoms with Crippen LogP contribution < -0.4 is 0 Å². The Balaban J connectivity index is 2.54. The number of rotatable bonds is 4. The second-order valence-electron chi connectivity index (χ2n) is 5.45. The van der Waals surface area contributed by atoms with Gasteiger partial charge in [0.05, 0.1) is 0 Å². The molecule has 0 heterocycles. The summed E-state index contributed by atoms with van der Waals surface area (Å²) in [5.74, 6) is 1.02. The molecule has 0 aromatic heterocycles. The molecule has 0 radical (unpaired) electrons. The van der Waals surface area contributed by atoms with Gasteiger partial charge < -0.3 is 0 Å². The number of hydrogen-bond acceptors (Lipinski definition) is 0. The van der Waals surface area contributed by atoms with Gasteiger partial charge in [-0.25, -0.2) is 0 Å². The molecular weight excluding hydrogens is 168 g/mol. The van der Waals surface area contributed by atoms with Gasteiger partial charge in [-0.1, -0.05) is 59.3 Å². The summed E-state index contributed by atoms with van der Waals surface area (Å²) in [5, 5.41) is 0. The summed E-state index contributed by atoms with van der Waals surface area (Å²) >= 11 is 0. The molecule has 1 aliphatic rings. The molecule has 0 amide bonds. The highest BCUT2D eigenvalue weighted by molar-refractivity contribution is 4.83. The molecule has 0 spiro atoms. The summed E-state index contributed by atoms with van der Waals surface area (Å²) in [6.07, 6.45) is 13.1. The SMILES string of the molecule is CCCCC1CCCCCC1(C)CC.